The molecule has 0 aliphatic rings. The third-order valence-electron chi connectivity index (χ3n) is 3.38. The summed E-state index contributed by atoms with van der Waals surface area (Å²) in [6.45, 7) is 4.72. The van der Waals surface area contributed by atoms with Crippen LogP contribution >= 0.6 is 0 Å². The van der Waals surface area contributed by atoms with Gasteiger partial charge in [0, 0.05) is 6.42 Å². The van der Waals surface area contributed by atoms with Crippen LogP contribution in [0.5, 0.6) is 0 Å². The van der Waals surface area contributed by atoms with E-state index in [2.05, 4.69) is 0 Å². The van der Waals surface area contributed by atoms with Crippen LogP contribution in [-0.4, -0.2) is 24.1 Å². The Morgan fingerprint density at radius 1 is 1.27 bits per heavy atom. The first-order chi connectivity index (χ1) is 10.5. The van der Waals surface area contributed by atoms with Crippen molar-refractivity contribution in [3.05, 3.63) is 35.4 Å². The second-order valence-electron chi connectivity index (χ2n) is 4.88. The van der Waals surface area contributed by atoms with E-state index in [1.165, 1.54) is 13.0 Å². The number of esters is 1. The summed E-state index contributed by atoms with van der Waals surface area (Å²) in [5.74, 6) is -3.46. The molecule has 0 radical (unpaired) electrons. The van der Waals surface area contributed by atoms with Crippen molar-refractivity contribution >= 4 is 17.5 Å². The summed E-state index contributed by atoms with van der Waals surface area (Å²) < 4.78 is 4.94. The summed E-state index contributed by atoms with van der Waals surface area (Å²) in [6, 6.07) is 8.40. The van der Waals surface area contributed by atoms with Gasteiger partial charge < -0.3 is 4.74 Å². The van der Waals surface area contributed by atoms with Crippen molar-refractivity contribution in [2.45, 2.75) is 33.1 Å². The zero-order chi connectivity index (χ0) is 16.7. The standard InChI is InChI=1S/C17H19NO4/c1-4-14(20)16(13-8-6-7-12(9-13)10-18)15(11(3)19)17(21)22-5-2/h6-9,15-16H,4-5H2,1-3H3. The van der Waals surface area contributed by atoms with Crippen molar-refractivity contribution in [3.8, 4) is 6.07 Å². The molecule has 116 valence electrons. The second-order valence-corrected chi connectivity index (χ2v) is 4.88. The molecule has 22 heavy (non-hydrogen) atoms. The Labute approximate surface area is 129 Å². The molecule has 1 aromatic rings. The van der Waals surface area contributed by atoms with E-state index < -0.39 is 23.6 Å². The minimum atomic E-state index is -1.18. The zero-order valence-corrected chi connectivity index (χ0v) is 13.0. The van der Waals surface area contributed by atoms with E-state index in [4.69, 9.17) is 10.00 Å². The molecule has 2 unspecified atom stereocenters. The molecule has 1 rings (SSSR count). The van der Waals surface area contributed by atoms with Gasteiger partial charge in [-0.3, -0.25) is 14.4 Å². The lowest BCUT2D eigenvalue weighted by Crippen LogP contribution is -2.34. The van der Waals surface area contributed by atoms with E-state index in [-0.39, 0.29) is 18.8 Å². The lowest BCUT2D eigenvalue weighted by Gasteiger charge is -2.23. The van der Waals surface area contributed by atoms with Crippen molar-refractivity contribution in [2.75, 3.05) is 6.61 Å². The smallest absolute Gasteiger partial charge is 0.317 e. The van der Waals surface area contributed by atoms with Gasteiger partial charge in [0.05, 0.1) is 24.2 Å². The predicted molar refractivity (Wildman–Crippen MR) is 80.0 cm³/mol. The van der Waals surface area contributed by atoms with Crippen molar-refractivity contribution in [3.63, 3.8) is 0 Å². The summed E-state index contributed by atoms with van der Waals surface area (Å²) in [4.78, 5) is 36.4. The number of ether oxygens (including phenoxy) is 1. The molecule has 0 bridgehead atoms. The summed E-state index contributed by atoms with van der Waals surface area (Å²) >= 11 is 0. The average Bonchev–Trinajstić information content (AvgIpc) is 2.51. The lowest BCUT2D eigenvalue weighted by molar-refractivity contribution is -0.154. The molecule has 0 aromatic heterocycles. The fourth-order valence-corrected chi connectivity index (χ4v) is 2.35. The highest BCUT2D eigenvalue weighted by atomic mass is 16.5. The molecule has 5 heteroatoms. The number of benzene rings is 1. The van der Waals surface area contributed by atoms with Crippen LogP contribution in [0, 0.1) is 17.2 Å². The molecule has 2 atom stereocenters. The highest BCUT2D eigenvalue weighted by molar-refractivity contribution is 6.04. The van der Waals surface area contributed by atoms with Crippen molar-refractivity contribution in [1.82, 2.24) is 0 Å². The van der Waals surface area contributed by atoms with Crippen LogP contribution in [0.1, 0.15) is 44.2 Å². The maximum atomic E-state index is 12.3. The van der Waals surface area contributed by atoms with Gasteiger partial charge in [-0.25, -0.2) is 0 Å². The quantitative estimate of drug-likeness (QED) is 0.570. The van der Waals surface area contributed by atoms with Gasteiger partial charge in [-0.15, -0.1) is 0 Å². The van der Waals surface area contributed by atoms with Gasteiger partial charge >= 0.3 is 5.97 Å². The Balaban J connectivity index is 3.37. The van der Waals surface area contributed by atoms with Crippen molar-refractivity contribution in [1.29, 1.82) is 5.26 Å². The number of nitriles is 1. The molecular weight excluding hydrogens is 282 g/mol. The van der Waals surface area contributed by atoms with Gasteiger partial charge in [-0.2, -0.15) is 5.26 Å². The minimum Gasteiger partial charge on any atom is -0.465 e. The normalized spacial score (nSPS) is 12.8. The number of carbonyl (C=O) groups excluding carboxylic acids is 3. The molecule has 0 N–H and O–H groups in total. The minimum absolute atomic E-state index is 0.133. The van der Waals surface area contributed by atoms with E-state index in [1.54, 1.807) is 32.0 Å². The fraction of sp³-hybridized carbons (Fsp3) is 0.412. The molecule has 5 nitrogen and oxygen atoms in total. The molecule has 0 aliphatic heterocycles. The van der Waals surface area contributed by atoms with E-state index in [0.717, 1.165) is 0 Å². The Kier molecular flexibility index (Phi) is 6.46. The summed E-state index contributed by atoms with van der Waals surface area (Å²) in [6.07, 6.45) is 0.185. The van der Waals surface area contributed by atoms with Gasteiger partial charge in [-0.1, -0.05) is 19.1 Å². The monoisotopic (exact) mass is 301 g/mol. The van der Waals surface area contributed by atoms with Crippen LogP contribution in [0.25, 0.3) is 0 Å². The van der Waals surface area contributed by atoms with Gasteiger partial charge in [0.1, 0.15) is 17.5 Å². The number of carbonyl (C=O) groups is 3. The van der Waals surface area contributed by atoms with Gasteiger partial charge in [0.25, 0.3) is 0 Å². The van der Waals surface area contributed by atoms with Gasteiger partial charge in [0.2, 0.25) is 0 Å². The zero-order valence-electron chi connectivity index (χ0n) is 13.0. The molecular formula is C17H19NO4. The van der Waals surface area contributed by atoms with Gasteiger partial charge in [-0.05, 0) is 31.5 Å². The highest BCUT2D eigenvalue weighted by Crippen LogP contribution is 2.29. The molecule has 0 aliphatic carbocycles. The first-order valence-electron chi connectivity index (χ1n) is 7.16. The summed E-state index contributed by atoms with van der Waals surface area (Å²) in [5, 5.41) is 8.99. The Hall–Kier alpha value is -2.48. The summed E-state index contributed by atoms with van der Waals surface area (Å²) in [5.41, 5.74) is 0.858. The predicted octanol–water partition coefficient (Wildman–Crippen LogP) is 2.39. The largest absolute Gasteiger partial charge is 0.465 e. The summed E-state index contributed by atoms with van der Waals surface area (Å²) in [7, 11) is 0. The fourth-order valence-electron chi connectivity index (χ4n) is 2.35. The van der Waals surface area contributed by atoms with Crippen LogP contribution in [0.2, 0.25) is 0 Å². The van der Waals surface area contributed by atoms with Crippen LogP contribution in [0.15, 0.2) is 24.3 Å². The number of ketones is 2. The Morgan fingerprint density at radius 3 is 2.45 bits per heavy atom. The van der Waals surface area contributed by atoms with E-state index in [0.29, 0.717) is 11.1 Å². The van der Waals surface area contributed by atoms with Gasteiger partial charge in [0.15, 0.2) is 0 Å². The molecule has 0 saturated carbocycles. The lowest BCUT2D eigenvalue weighted by atomic mass is 9.79. The van der Waals surface area contributed by atoms with Crippen LogP contribution in [0.4, 0.5) is 0 Å². The maximum Gasteiger partial charge on any atom is 0.317 e. The number of hydrogen-bond donors (Lipinski definition) is 0. The third kappa shape index (κ3) is 4.01. The van der Waals surface area contributed by atoms with Crippen LogP contribution in [-0.2, 0) is 19.1 Å². The number of hydrogen-bond acceptors (Lipinski definition) is 5. The Bertz CT molecular complexity index is 615. The molecule has 0 saturated heterocycles. The molecule has 0 spiro atoms. The van der Waals surface area contributed by atoms with Crippen molar-refractivity contribution < 1.29 is 19.1 Å². The number of rotatable bonds is 7. The average molecular weight is 301 g/mol. The van der Waals surface area contributed by atoms with Crippen LogP contribution < -0.4 is 0 Å². The molecule has 0 fully saturated rings. The van der Waals surface area contributed by atoms with E-state index >= 15 is 0 Å². The first kappa shape index (κ1) is 17.6. The SMILES string of the molecule is CCOC(=O)C(C(C)=O)C(C(=O)CC)c1cccc(C#N)c1. The topological polar surface area (TPSA) is 84.2 Å². The highest BCUT2D eigenvalue weighted by Gasteiger charge is 2.38. The third-order valence-corrected chi connectivity index (χ3v) is 3.38. The molecule has 1 aromatic carbocycles. The maximum absolute atomic E-state index is 12.3. The molecule has 0 heterocycles. The van der Waals surface area contributed by atoms with Crippen LogP contribution in [0.3, 0.4) is 0 Å². The van der Waals surface area contributed by atoms with E-state index in [9.17, 15) is 14.4 Å². The van der Waals surface area contributed by atoms with E-state index in [1.807, 2.05) is 6.07 Å². The number of nitrogens with zero attached hydrogens (tertiary/aromatic N) is 1. The first-order valence-corrected chi connectivity index (χ1v) is 7.16. The Morgan fingerprint density at radius 2 is 1.95 bits per heavy atom. The number of Topliss-reactive ketones (excluding diaryl/α,β-unsaturated/α-hetero) is 2. The van der Waals surface area contributed by atoms with Crippen molar-refractivity contribution in [2.24, 2.45) is 5.92 Å². The second kappa shape index (κ2) is 8.08. The molecule has 0 amide bonds.